The molecule has 3 N–H and O–H groups in total. The molecule has 0 bridgehead atoms. The van der Waals surface area contributed by atoms with Gasteiger partial charge in [0.25, 0.3) is 0 Å². The van der Waals surface area contributed by atoms with Crippen molar-refractivity contribution in [2.45, 2.75) is 64.1 Å². The highest BCUT2D eigenvalue weighted by atomic mass is 16.3. The highest BCUT2D eigenvalue weighted by Gasteiger charge is 2.32. The van der Waals surface area contributed by atoms with Crippen molar-refractivity contribution in [1.82, 2.24) is 10.6 Å². The molecular weight excluding hydrogens is 216 g/mol. The van der Waals surface area contributed by atoms with E-state index in [9.17, 15) is 9.90 Å². The van der Waals surface area contributed by atoms with E-state index in [2.05, 4.69) is 24.5 Å². The molecule has 2 atom stereocenters. The Bertz CT molecular complexity index is 281. The summed E-state index contributed by atoms with van der Waals surface area (Å²) in [7, 11) is 0. The van der Waals surface area contributed by atoms with Crippen molar-refractivity contribution in [3.8, 4) is 0 Å². The van der Waals surface area contributed by atoms with Crippen LogP contribution in [0.25, 0.3) is 0 Å². The van der Waals surface area contributed by atoms with Gasteiger partial charge in [-0.05, 0) is 37.5 Å². The van der Waals surface area contributed by atoms with Gasteiger partial charge in [-0.1, -0.05) is 13.8 Å². The zero-order chi connectivity index (χ0) is 12.5. The maximum Gasteiger partial charge on any atom is 0.237 e. The minimum absolute atomic E-state index is 0.0613. The van der Waals surface area contributed by atoms with E-state index < -0.39 is 0 Å². The lowest BCUT2D eigenvalue weighted by atomic mass is 9.75. The Morgan fingerprint density at radius 2 is 2.00 bits per heavy atom. The lowest BCUT2D eigenvalue weighted by Gasteiger charge is -2.35. The van der Waals surface area contributed by atoms with Crippen molar-refractivity contribution < 1.29 is 9.90 Å². The van der Waals surface area contributed by atoms with Crippen molar-refractivity contribution in [2.75, 3.05) is 6.54 Å². The van der Waals surface area contributed by atoms with Crippen LogP contribution in [0.5, 0.6) is 0 Å². The van der Waals surface area contributed by atoms with Crippen LogP contribution in [-0.4, -0.2) is 35.7 Å². The van der Waals surface area contributed by atoms with Gasteiger partial charge in [0.2, 0.25) is 5.91 Å². The molecule has 1 amide bonds. The van der Waals surface area contributed by atoms with Gasteiger partial charge in [0.1, 0.15) is 0 Å². The summed E-state index contributed by atoms with van der Waals surface area (Å²) in [5, 5.41) is 15.5. The van der Waals surface area contributed by atoms with Crippen molar-refractivity contribution in [3.05, 3.63) is 0 Å². The quantitative estimate of drug-likeness (QED) is 0.669. The summed E-state index contributed by atoms with van der Waals surface area (Å²) >= 11 is 0. The van der Waals surface area contributed by atoms with Crippen molar-refractivity contribution in [1.29, 1.82) is 0 Å². The number of hydrogen-bond acceptors (Lipinski definition) is 3. The topological polar surface area (TPSA) is 61.4 Å². The Morgan fingerprint density at radius 1 is 1.35 bits per heavy atom. The minimum Gasteiger partial charge on any atom is -0.392 e. The molecule has 0 aromatic carbocycles. The van der Waals surface area contributed by atoms with E-state index in [1.54, 1.807) is 0 Å². The molecule has 0 aromatic heterocycles. The maximum atomic E-state index is 11.9. The number of rotatable bonds is 2. The van der Waals surface area contributed by atoms with E-state index in [0.29, 0.717) is 24.4 Å². The summed E-state index contributed by atoms with van der Waals surface area (Å²) in [5.74, 6) is 0.0613. The number of aliphatic hydroxyl groups excluding tert-OH is 1. The van der Waals surface area contributed by atoms with E-state index in [0.717, 1.165) is 12.8 Å². The number of carbonyl (C=O) groups is 1. The molecule has 1 aliphatic carbocycles. The molecule has 98 valence electrons. The van der Waals surface area contributed by atoms with Crippen LogP contribution in [0.1, 0.15) is 46.0 Å². The van der Waals surface area contributed by atoms with Gasteiger partial charge in [0.15, 0.2) is 0 Å². The van der Waals surface area contributed by atoms with Gasteiger partial charge in [-0.2, -0.15) is 0 Å². The van der Waals surface area contributed by atoms with E-state index in [4.69, 9.17) is 0 Å². The standard InChI is InChI=1S/C13H24N2O2/c1-13(2)5-3-9(4-6-13)15-12(17)11-7-10(16)8-14-11/h9-11,14,16H,3-8H2,1-2H3,(H,15,17). The Labute approximate surface area is 103 Å². The number of hydrogen-bond donors (Lipinski definition) is 3. The highest BCUT2D eigenvalue weighted by molar-refractivity contribution is 5.82. The molecule has 1 saturated carbocycles. The zero-order valence-electron chi connectivity index (χ0n) is 10.8. The fraction of sp³-hybridized carbons (Fsp3) is 0.923. The first-order chi connectivity index (χ1) is 7.96. The van der Waals surface area contributed by atoms with Gasteiger partial charge in [0, 0.05) is 12.6 Å². The van der Waals surface area contributed by atoms with Gasteiger partial charge in [-0.15, -0.1) is 0 Å². The summed E-state index contributed by atoms with van der Waals surface area (Å²) in [6.45, 7) is 5.12. The molecule has 17 heavy (non-hydrogen) atoms. The molecule has 0 radical (unpaired) electrons. The van der Waals surface area contributed by atoms with Gasteiger partial charge >= 0.3 is 0 Å². The Hall–Kier alpha value is -0.610. The SMILES string of the molecule is CC1(C)CCC(NC(=O)C2CC(O)CN2)CC1. The van der Waals surface area contributed by atoms with E-state index in [1.165, 1.54) is 12.8 Å². The molecule has 2 unspecified atom stereocenters. The monoisotopic (exact) mass is 240 g/mol. The average molecular weight is 240 g/mol. The third kappa shape index (κ3) is 3.42. The third-order valence-electron chi connectivity index (χ3n) is 4.11. The molecule has 0 spiro atoms. The van der Waals surface area contributed by atoms with Gasteiger partial charge in [-0.25, -0.2) is 0 Å². The molecule has 2 aliphatic rings. The molecule has 0 aromatic rings. The van der Waals surface area contributed by atoms with Crippen LogP contribution >= 0.6 is 0 Å². The van der Waals surface area contributed by atoms with Crippen LogP contribution in [0.3, 0.4) is 0 Å². The second-order valence-corrected chi connectivity index (χ2v) is 6.30. The lowest BCUT2D eigenvalue weighted by molar-refractivity contribution is -0.124. The Kier molecular flexibility index (Phi) is 3.73. The second kappa shape index (κ2) is 4.94. The second-order valence-electron chi connectivity index (χ2n) is 6.30. The smallest absolute Gasteiger partial charge is 0.237 e. The number of nitrogens with one attached hydrogen (secondary N) is 2. The first-order valence-electron chi connectivity index (χ1n) is 6.68. The summed E-state index contributed by atoms with van der Waals surface area (Å²) in [6.07, 6.45) is 4.69. The van der Waals surface area contributed by atoms with E-state index in [1.807, 2.05) is 0 Å². The summed E-state index contributed by atoms with van der Waals surface area (Å²) < 4.78 is 0. The van der Waals surface area contributed by atoms with Crippen LogP contribution in [0.2, 0.25) is 0 Å². The predicted molar refractivity (Wildman–Crippen MR) is 66.6 cm³/mol. The van der Waals surface area contributed by atoms with E-state index >= 15 is 0 Å². The molecule has 2 rings (SSSR count). The molecule has 1 saturated heterocycles. The molecule has 1 heterocycles. The molecular formula is C13H24N2O2. The first-order valence-corrected chi connectivity index (χ1v) is 6.68. The van der Waals surface area contributed by atoms with Gasteiger partial charge < -0.3 is 15.7 Å². The lowest BCUT2D eigenvalue weighted by Crippen LogP contribution is -2.46. The van der Waals surface area contributed by atoms with Crippen molar-refractivity contribution in [3.63, 3.8) is 0 Å². The summed E-state index contributed by atoms with van der Waals surface area (Å²) in [4.78, 5) is 11.9. The molecule has 4 heteroatoms. The van der Waals surface area contributed by atoms with Gasteiger partial charge in [0.05, 0.1) is 12.1 Å². The van der Waals surface area contributed by atoms with Crippen LogP contribution in [0, 0.1) is 5.41 Å². The zero-order valence-corrected chi connectivity index (χ0v) is 10.8. The van der Waals surface area contributed by atoms with Crippen molar-refractivity contribution >= 4 is 5.91 Å². The highest BCUT2D eigenvalue weighted by Crippen LogP contribution is 2.35. The Morgan fingerprint density at radius 3 is 2.53 bits per heavy atom. The normalized spacial score (nSPS) is 33.6. The molecule has 2 fully saturated rings. The van der Waals surface area contributed by atoms with Crippen LogP contribution < -0.4 is 10.6 Å². The minimum atomic E-state index is -0.365. The molecule has 4 nitrogen and oxygen atoms in total. The van der Waals surface area contributed by atoms with E-state index in [-0.39, 0.29) is 18.1 Å². The fourth-order valence-electron chi connectivity index (χ4n) is 2.76. The van der Waals surface area contributed by atoms with Crippen LogP contribution in [0.4, 0.5) is 0 Å². The third-order valence-corrected chi connectivity index (χ3v) is 4.11. The van der Waals surface area contributed by atoms with Gasteiger partial charge in [-0.3, -0.25) is 4.79 Å². The number of aliphatic hydroxyl groups is 1. The average Bonchev–Trinajstić information content (AvgIpc) is 2.68. The van der Waals surface area contributed by atoms with Crippen molar-refractivity contribution in [2.24, 2.45) is 5.41 Å². The fourth-order valence-corrected chi connectivity index (χ4v) is 2.76. The van der Waals surface area contributed by atoms with Crippen LogP contribution in [-0.2, 0) is 4.79 Å². The largest absolute Gasteiger partial charge is 0.392 e. The predicted octanol–water partition coefficient (Wildman–Crippen LogP) is 0.794. The number of β-amino-alcohol motifs (C(OH)–C–C–N with tert-alkyl or cyclic N) is 1. The number of amides is 1. The number of carbonyl (C=O) groups excluding carboxylic acids is 1. The molecule has 1 aliphatic heterocycles. The summed E-state index contributed by atoms with van der Waals surface area (Å²) in [5.41, 5.74) is 0.434. The maximum absolute atomic E-state index is 11.9. The summed E-state index contributed by atoms with van der Waals surface area (Å²) in [6, 6.07) is 0.134. The Balaban J connectivity index is 1.76. The first kappa shape index (κ1) is 12.8. The van der Waals surface area contributed by atoms with Crippen LogP contribution in [0.15, 0.2) is 0 Å².